The minimum atomic E-state index is 0.931. The van der Waals surface area contributed by atoms with Gasteiger partial charge in [-0.25, -0.2) is 0 Å². The highest BCUT2D eigenvalue weighted by Gasteiger charge is 1.71. The molecule has 0 saturated heterocycles. The maximum absolute atomic E-state index is 4.74. The summed E-state index contributed by atoms with van der Waals surface area (Å²) in [4.78, 5) is 0. The minimum Gasteiger partial charge on any atom is -0.0777 e. The van der Waals surface area contributed by atoms with Gasteiger partial charge >= 0.3 is 0 Å². The standard InChI is InChI=1S/C3HS3/c4-3-1-2-5-6-3/h1H. The van der Waals surface area contributed by atoms with Crippen molar-refractivity contribution in [2.75, 3.05) is 0 Å². The van der Waals surface area contributed by atoms with Crippen LogP contribution in [0.2, 0.25) is 0 Å². The van der Waals surface area contributed by atoms with Crippen molar-refractivity contribution in [1.29, 1.82) is 0 Å². The molecule has 0 fully saturated rings. The fourth-order valence-electron chi connectivity index (χ4n) is 0.161. The molecule has 31 valence electrons. The van der Waals surface area contributed by atoms with Crippen molar-refractivity contribution < 1.29 is 0 Å². The van der Waals surface area contributed by atoms with Gasteiger partial charge in [-0.05, 0) is 6.07 Å². The monoisotopic (exact) mass is 133 g/mol. The summed E-state index contributed by atoms with van der Waals surface area (Å²) in [5.41, 5.74) is 0. The highest BCUT2D eigenvalue weighted by atomic mass is 32.9. The van der Waals surface area contributed by atoms with E-state index in [1.54, 1.807) is 20.7 Å². The van der Waals surface area contributed by atoms with Crippen LogP contribution in [0, 0.1) is 9.20 Å². The van der Waals surface area contributed by atoms with E-state index < -0.39 is 0 Å². The zero-order chi connectivity index (χ0) is 4.41. The summed E-state index contributed by atoms with van der Waals surface area (Å²) in [5.74, 6) is 0. The molecule has 0 aliphatic heterocycles. The van der Waals surface area contributed by atoms with Crippen molar-refractivity contribution in [2.45, 2.75) is 0 Å². The van der Waals surface area contributed by atoms with E-state index in [2.05, 4.69) is 5.38 Å². The van der Waals surface area contributed by atoms with Crippen LogP contribution in [0.4, 0.5) is 0 Å². The van der Waals surface area contributed by atoms with Gasteiger partial charge in [0.1, 0.15) is 3.82 Å². The van der Waals surface area contributed by atoms with Gasteiger partial charge < -0.3 is 0 Å². The van der Waals surface area contributed by atoms with Crippen molar-refractivity contribution in [3.8, 4) is 0 Å². The number of hydrogen-bond acceptors (Lipinski definition) is 3. The van der Waals surface area contributed by atoms with Gasteiger partial charge in [0.2, 0.25) is 0 Å². The lowest BCUT2D eigenvalue weighted by molar-refractivity contribution is 2.05. The highest BCUT2D eigenvalue weighted by molar-refractivity contribution is 7.79. The van der Waals surface area contributed by atoms with Gasteiger partial charge in [-0.2, -0.15) is 0 Å². The van der Waals surface area contributed by atoms with Gasteiger partial charge in [-0.1, -0.05) is 32.9 Å². The average molecular weight is 133 g/mol. The Hall–Kier alpha value is 0.270. The maximum Gasteiger partial charge on any atom is 0.102 e. The van der Waals surface area contributed by atoms with Crippen LogP contribution in [0.3, 0.4) is 0 Å². The van der Waals surface area contributed by atoms with Crippen LogP contribution in [0.5, 0.6) is 0 Å². The molecule has 0 aliphatic rings. The first kappa shape index (κ1) is 4.43. The normalized spacial score (nSPS) is 8.67. The summed E-state index contributed by atoms with van der Waals surface area (Å²) in [7, 11) is 3.13. The Morgan fingerprint density at radius 3 is 2.83 bits per heavy atom. The topological polar surface area (TPSA) is 0 Å². The van der Waals surface area contributed by atoms with Gasteiger partial charge in [0.25, 0.3) is 0 Å². The quantitative estimate of drug-likeness (QED) is 0.386. The first-order chi connectivity index (χ1) is 2.89. The SMILES string of the molecule is S=c1c[c]ss1. The molecule has 0 atom stereocenters. The predicted octanol–water partition coefficient (Wildman–Crippen LogP) is 2.34. The van der Waals surface area contributed by atoms with Crippen molar-refractivity contribution in [1.82, 2.24) is 0 Å². The number of rotatable bonds is 0. The summed E-state index contributed by atoms with van der Waals surface area (Å²) in [5, 5.41) is 2.89. The molecule has 6 heavy (non-hydrogen) atoms. The van der Waals surface area contributed by atoms with Gasteiger partial charge in [0, 0.05) is 0 Å². The Morgan fingerprint density at radius 1 is 1.83 bits per heavy atom. The molecule has 1 radical (unpaired) electrons. The minimum absolute atomic E-state index is 0.931. The third-order valence-corrected chi connectivity index (χ3v) is 2.69. The smallest absolute Gasteiger partial charge is 0.0777 e. The predicted molar refractivity (Wildman–Crippen MR) is 31.9 cm³/mol. The Labute approximate surface area is 48.5 Å². The maximum atomic E-state index is 4.74. The highest BCUT2D eigenvalue weighted by Crippen LogP contribution is 2.06. The lowest BCUT2D eigenvalue weighted by Crippen LogP contribution is -1.26. The molecule has 0 amide bonds. The fourth-order valence-corrected chi connectivity index (χ4v) is 1.76. The van der Waals surface area contributed by atoms with Crippen LogP contribution in [0.25, 0.3) is 0 Å². The van der Waals surface area contributed by atoms with E-state index in [0.29, 0.717) is 0 Å². The lowest BCUT2D eigenvalue weighted by atomic mass is 10.8. The molecular weight excluding hydrogens is 132 g/mol. The van der Waals surface area contributed by atoms with Crippen LogP contribution in [-0.2, 0) is 0 Å². The fraction of sp³-hybridized carbons (Fsp3) is 0. The molecule has 1 aromatic rings. The second-order valence-corrected chi connectivity index (χ2v) is 3.45. The van der Waals surface area contributed by atoms with Crippen molar-refractivity contribution >= 4 is 32.9 Å². The molecule has 3 heteroatoms. The molecule has 1 heterocycles. The van der Waals surface area contributed by atoms with E-state index in [-0.39, 0.29) is 0 Å². The summed E-state index contributed by atoms with van der Waals surface area (Å²) < 4.78 is 0.931. The summed E-state index contributed by atoms with van der Waals surface area (Å²) in [6.07, 6.45) is 0. The third-order valence-electron chi connectivity index (χ3n) is 0.349. The second-order valence-electron chi connectivity index (χ2n) is 0.748. The van der Waals surface area contributed by atoms with Gasteiger partial charge in [-0.15, -0.1) is 0 Å². The molecule has 0 unspecified atom stereocenters. The van der Waals surface area contributed by atoms with Crippen LogP contribution < -0.4 is 0 Å². The lowest BCUT2D eigenvalue weighted by Gasteiger charge is -1.46. The zero-order valence-electron chi connectivity index (χ0n) is 2.80. The van der Waals surface area contributed by atoms with Crippen LogP contribution >= 0.6 is 32.9 Å². The average Bonchev–Trinajstić information content (AvgIpc) is 1.86. The first-order valence-corrected chi connectivity index (χ1v) is 3.91. The first-order valence-electron chi connectivity index (χ1n) is 1.36. The second kappa shape index (κ2) is 1.82. The molecule has 0 nitrogen and oxygen atoms in total. The van der Waals surface area contributed by atoms with Crippen molar-refractivity contribution in [3.05, 3.63) is 15.3 Å². The van der Waals surface area contributed by atoms with Crippen LogP contribution in [0.1, 0.15) is 0 Å². The summed E-state index contributed by atoms with van der Waals surface area (Å²) >= 11 is 4.74. The molecule has 0 aliphatic carbocycles. The van der Waals surface area contributed by atoms with E-state index in [0.717, 1.165) is 3.82 Å². The van der Waals surface area contributed by atoms with Crippen molar-refractivity contribution in [3.63, 3.8) is 0 Å². The zero-order valence-corrected chi connectivity index (χ0v) is 5.25. The molecule has 0 aromatic carbocycles. The van der Waals surface area contributed by atoms with E-state index in [4.69, 9.17) is 12.2 Å². The molecule has 0 saturated carbocycles. The van der Waals surface area contributed by atoms with Crippen LogP contribution in [0.15, 0.2) is 6.07 Å². The summed E-state index contributed by atoms with van der Waals surface area (Å²) in [6.45, 7) is 0. The van der Waals surface area contributed by atoms with Gasteiger partial charge in [0.05, 0.1) is 5.38 Å². The molecule has 1 rings (SSSR count). The largest absolute Gasteiger partial charge is 0.102 e. The molecule has 0 N–H and O–H groups in total. The Kier molecular flexibility index (Phi) is 1.34. The Morgan fingerprint density at radius 2 is 2.67 bits per heavy atom. The van der Waals surface area contributed by atoms with Crippen LogP contribution in [-0.4, -0.2) is 0 Å². The molecule has 0 bridgehead atoms. The van der Waals surface area contributed by atoms with Gasteiger partial charge in [-0.3, -0.25) is 0 Å². The Bertz CT molecular complexity index is 144. The molecule has 1 aromatic heterocycles. The van der Waals surface area contributed by atoms with Gasteiger partial charge in [0.15, 0.2) is 0 Å². The van der Waals surface area contributed by atoms with E-state index in [1.807, 2.05) is 6.07 Å². The van der Waals surface area contributed by atoms with E-state index >= 15 is 0 Å². The van der Waals surface area contributed by atoms with E-state index in [1.165, 1.54) is 0 Å². The number of hydrogen-bond donors (Lipinski definition) is 0. The summed E-state index contributed by atoms with van der Waals surface area (Å²) in [6, 6.07) is 1.81. The van der Waals surface area contributed by atoms with E-state index in [9.17, 15) is 0 Å². The Balaban J connectivity index is 3.41. The molecular formula is C3HS3. The molecule has 0 spiro atoms. The third kappa shape index (κ3) is 0.864. The van der Waals surface area contributed by atoms with Crippen molar-refractivity contribution in [2.24, 2.45) is 0 Å².